The number of rotatable bonds is 101. The van der Waals surface area contributed by atoms with Crippen molar-refractivity contribution >= 4 is 23.3 Å². The number of aromatic nitrogens is 3. The van der Waals surface area contributed by atoms with Crippen molar-refractivity contribution in [3.8, 4) is 45.9 Å². The van der Waals surface area contributed by atoms with Gasteiger partial charge in [-0.05, 0) is 45.4 Å². The molecular weight excluding hydrogens is 1580 g/mol. The Morgan fingerprint density at radius 3 is 0.512 bits per heavy atom. The van der Waals surface area contributed by atoms with E-state index in [1.165, 1.54) is 468 Å². The molecule has 0 unspecified atom stereocenters. The van der Waals surface area contributed by atoms with E-state index < -0.39 is 0 Å². The first-order chi connectivity index (χ1) is 63.9. The minimum Gasteiger partial charge on any atom is -0.489 e. The Hall–Kier alpha value is -4.93. The topological polar surface area (TPSA) is 118 Å². The second-order valence-corrected chi connectivity index (χ2v) is 39.7. The number of anilines is 4. The second-order valence-electron chi connectivity index (χ2n) is 39.7. The van der Waals surface area contributed by atoms with Crippen molar-refractivity contribution in [2.75, 3.05) is 50.3 Å². The highest BCUT2D eigenvalue weighted by Gasteiger charge is 2.22. The number of nitrogens with one attached hydrogen (secondary N) is 2. The third kappa shape index (κ3) is 67.8. The maximum absolute atomic E-state index is 7.00. The number of nitrogens with zero attached hydrogens (tertiary/aromatic N) is 3. The maximum Gasteiger partial charge on any atom is 0.232 e. The van der Waals surface area contributed by atoms with Gasteiger partial charge in [-0.15, -0.1) is 0 Å². The summed E-state index contributed by atoms with van der Waals surface area (Å²) in [5.74, 6) is 5.62. The molecule has 129 heavy (non-hydrogen) atoms. The molecule has 0 amide bonds. The summed E-state index contributed by atoms with van der Waals surface area (Å²) in [4.78, 5) is 15.8. The van der Waals surface area contributed by atoms with Crippen LogP contribution in [0.3, 0.4) is 0 Å². The van der Waals surface area contributed by atoms with Crippen LogP contribution >= 0.6 is 0 Å². The molecular formula is C118H211N5O6. The summed E-state index contributed by atoms with van der Waals surface area (Å²) in [7, 11) is 0. The predicted molar refractivity (Wildman–Crippen MR) is 564 cm³/mol. The summed E-state index contributed by atoms with van der Waals surface area (Å²) in [5.41, 5.74) is 3.62. The standard InChI is InChI=1S/C118H211N5O6/c1-8-14-20-26-32-38-44-50-56-62-68-74-80-86-96-124-110-102-108(103-111(125-97-87-81-75-69-63-57-51-45-39-33-27-21-15-9-2)114(110)128-100-90-84-78-72-66-60-54-48-42-36-30-24-18-12-5)119-117-121-116(107-94-92-106(7)93-95-107)122-118(123-117)120-109-104-112(126-98-88-82-76-70-64-58-52-46-40-34-28-22-16-10-3)115(129-101-91-85-79-73-67-61-55-49-43-37-31-25-19-13-6)113(105-109)127-99-89-83-77-71-65-59-53-47-41-35-29-23-17-11-4/h92-95,102-105H,8-91,96-101H2,1-7H3,(H2,119,120,121,122,123). The van der Waals surface area contributed by atoms with Crippen LogP contribution in [0.1, 0.15) is 586 Å². The lowest BCUT2D eigenvalue weighted by Gasteiger charge is -2.20. The van der Waals surface area contributed by atoms with Crippen LogP contribution in [0, 0.1) is 6.92 Å². The van der Waals surface area contributed by atoms with Crippen molar-refractivity contribution in [1.82, 2.24) is 15.0 Å². The third-order valence-electron chi connectivity index (χ3n) is 27.0. The molecule has 11 heteroatoms. The van der Waals surface area contributed by atoms with Gasteiger partial charge in [0.15, 0.2) is 28.8 Å². The molecule has 0 spiro atoms. The van der Waals surface area contributed by atoms with E-state index in [-0.39, 0.29) is 0 Å². The van der Waals surface area contributed by atoms with Gasteiger partial charge in [-0.1, -0.05) is 572 Å². The Labute approximate surface area is 799 Å². The predicted octanol–water partition coefficient (Wildman–Crippen LogP) is 40.5. The third-order valence-corrected chi connectivity index (χ3v) is 27.0. The summed E-state index contributed by atoms with van der Waals surface area (Å²) in [6.45, 7) is 19.6. The molecule has 0 saturated heterocycles. The van der Waals surface area contributed by atoms with Gasteiger partial charge >= 0.3 is 0 Å². The Morgan fingerprint density at radius 2 is 0.341 bits per heavy atom. The van der Waals surface area contributed by atoms with Crippen LogP contribution in [0.25, 0.3) is 11.4 Å². The molecule has 1 aromatic heterocycles. The zero-order chi connectivity index (χ0) is 91.6. The molecule has 0 fully saturated rings. The monoisotopic (exact) mass is 1790 g/mol. The van der Waals surface area contributed by atoms with Crippen LogP contribution in [0.5, 0.6) is 34.5 Å². The fourth-order valence-corrected chi connectivity index (χ4v) is 18.4. The lowest BCUT2D eigenvalue weighted by Crippen LogP contribution is -2.09. The number of unbranched alkanes of at least 4 members (excludes halogenated alkanes) is 78. The van der Waals surface area contributed by atoms with E-state index in [2.05, 4.69) is 108 Å². The summed E-state index contributed by atoms with van der Waals surface area (Å²) >= 11 is 0. The van der Waals surface area contributed by atoms with Gasteiger partial charge in [0, 0.05) is 41.2 Å². The molecule has 4 rings (SSSR count). The average Bonchev–Trinajstić information content (AvgIpc) is 0.806. The fourth-order valence-electron chi connectivity index (χ4n) is 18.4. The maximum atomic E-state index is 7.00. The first kappa shape index (κ1) is 116. The molecule has 1 heterocycles. The highest BCUT2D eigenvalue weighted by Crippen LogP contribution is 2.44. The molecule has 0 atom stereocenters. The van der Waals surface area contributed by atoms with Gasteiger partial charge in [-0.25, -0.2) is 0 Å². The van der Waals surface area contributed by atoms with E-state index in [9.17, 15) is 0 Å². The van der Waals surface area contributed by atoms with E-state index in [0.717, 1.165) is 94.0 Å². The molecule has 11 nitrogen and oxygen atoms in total. The minimum absolute atomic E-state index is 0.409. The lowest BCUT2D eigenvalue weighted by atomic mass is 10.0. The Morgan fingerprint density at radius 1 is 0.186 bits per heavy atom. The molecule has 0 aliphatic rings. The summed E-state index contributed by atoms with van der Waals surface area (Å²) in [6.07, 6.45) is 111. The molecule has 0 aliphatic heterocycles. The van der Waals surface area contributed by atoms with Gasteiger partial charge in [0.25, 0.3) is 0 Å². The summed E-state index contributed by atoms with van der Waals surface area (Å²) in [5, 5.41) is 7.48. The van der Waals surface area contributed by atoms with E-state index in [1.54, 1.807) is 0 Å². The first-order valence-corrected chi connectivity index (χ1v) is 57.4. The molecule has 0 aliphatic carbocycles. The van der Waals surface area contributed by atoms with Gasteiger partial charge in [0.1, 0.15) is 0 Å². The summed E-state index contributed by atoms with van der Waals surface area (Å²) < 4.78 is 42.0. The number of benzene rings is 3. The molecule has 744 valence electrons. The molecule has 2 N–H and O–H groups in total. The highest BCUT2D eigenvalue weighted by atomic mass is 16.5. The van der Waals surface area contributed by atoms with Crippen molar-refractivity contribution in [1.29, 1.82) is 0 Å². The van der Waals surface area contributed by atoms with Crippen molar-refractivity contribution in [2.45, 2.75) is 588 Å². The van der Waals surface area contributed by atoms with Crippen LogP contribution in [-0.4, -0.2) is 54.6 Å². The SMILES string of the molecule is CCCCCCCCCCCCCCCCOc1cc(Nc2nc(Nc3cc(OCCCCCCCCCCCCCCCC)c(OCCCCCCCCCCCCCCCC)c(OCCCCCCCCCCCCCCCC)c3)nc(-c3ccc(C)cc3)n2)cc(OCCCCCCCCCCCCCCCC)c1OCCCCCCCCCCCCCCCC. The number of ether oxygens (including phenoxy) is 6. The average molecular weight is 1800 g/mol. The van der Waals surface area contributed by atoms with Crippen LogP contribution in [0.2, 0.25) is 0 Å². The molecule has 0 radical (unpaired) electrons. The van der Waals surface area contributed by atoms with E-state index >= 15 is 0 Å². The molecule has 0 saturated carbocycles. The Kier molecular flexibility index (Phi) is 80.8. The molecule has 0 bridgehead atoms. The number of aryl methyl sites for hydroxylation is 1. The largest absolute Gasteiger partial charge is 0.489 e. The van der Waals surface area contributed by atoms with Gasteiger partial charge in [0.05, 0.1) is 39.6 Å². The van der Waals surface area contributed by atoms with Gasteiger partial charge in [-0.3, -0.25) is 0 Å². The second kappa shape index (κ2) is 89.6. The normalized spacial score (nSPS) is 11.5. The quantitative estimate of drug-likeness (QED) is 0.0412. The van der Waals surface area contributed by atoms with Crippen molar-refractivity contribution in [2.24, 2.45) is 0 Å². The smallest absolute Gasteiger partial charge is 0.232 e. The van der Waals surface area contributed by atoms with Crippen LogP contribution in [0.15, 0.2) is 48.5 Å². The first-order valence-electron chi connectivity index (χ1n) is 57.4. The van der Waals surface area contributed by atoms with Crippen LogP contribution < -0.4 is 39.1 Å². The van der Waals surface area contributed by atoms with Gasteiger partial charge in [0.2, 0.25) is 23.4 Å². The van der Waals surface area contributed by atoms with Crippen LogP contribution in [-0.2, 0) is 0 Å². The Balaban J connectivity index is 1.69. The van der Waals surface area contributed by atoms with Gasteiger partial charge in [-0.2, -0.15) is 15.0 Å². The van der Waals surface area contributed by atoms with E-state index in [1.807, 2.05) is 0 Å². The minimum atomic E-state index is 0.409. The zero-order valence-corrected chi connectivity index (χ0v) is 86.5. The summed E-state index contributed by atoms with van der Waals surface area (Å²) in [6, 6.07) is 16.9. The van der Waals surface area contributed by atoms with Crippen molar-refractivity contribution in [3.63, 3.8) is 0 Å². The van der Waals surface area contributed by atoms with Gasteiger partial charge < -0.3 is 39.1 Å². The number of hydrogen-bond acceptors (Lipinski definition) is 11. The lowest BCUT2D eigenvalue weighted by molar-refractivity contribution is 0.234. The fraction of sp³-hybridized carbons (Fsp3) is 0.822. The van der Waals surface area contributed by atoms with E-state index in [0.29, 0.717) is 91.9 Å². The molecule has 4 aromatic rings. The van der Waals surface area contributed by atoms with E-state index in [4.69, 9.17) is 43.4 Å². The van der Waals surface area contributed by atoms with Crippen molar-refractivity contribution in [3.05, 3.63) is 54.1 Å². The molecule has 3 aromatic carbocycles. The van der Waals surface area contributed by atoms with Crippen LogP contribution in [0.4, 0.5) is 23.3 Å². The Bertz CT molecular complexity index is 2750. The number of hydrogen-bond donors (Lipinski definition) is 2. The highest BCUT2D eigenvalue weighted by molar-refractivity contribution is 5.70. The van der Waals surface area contributed by atoms with Crippen molar-refractivity contribution < 1.29 is 28.4 Å². The zero-order valence-electron chi connectivity index (χ0n) is 86.5.